The summed E-state index contributed by atoms with van der Waals surface area (Å²) in [5, 5.41) is 0. The van der Waals surface area contributed by atoms with Crippen LogP contribution in [-0.2, 0) is 20.9 Å². The molecule has 1 radical (unpaired) electrons. The average Bonchev–Trinajstić information content (AvgIpc) is 3.36. The Hall–Kier alpha value is -0.305. The molecule has 1 heterocycles. The minimum Gasteiger partial charge on any atom is -0.458 e. The third-order valence-electron chi connectivity index (χ3n) is 11.5. The molecule has 0 aliphatic heterocycles. The smallest absolute Gasteiger partial charge is 0.172 e. The fraction of sp³-hybridized carbons (Fsp3) is 0.781. The summed E-state index contributed by atoms with van der Waals surface area (Å²) in [7, 11) is 3.70. The maximum absolute atomic E-state index is 6.13. The Kier molecular flexibility index (Phi) is 88.2. The molecule has 0 saturated heterocycles. The zero-order valence-corrected chi connectivity index (χ0v) is 67.6. The van der Waals surface area contributed by atoms with E-state index in [0.29, 0.717) is 0 Å². The van der Waals surface area contributed by atoms with Gasteiger partial charge in [-0.3, -0.25) is 9.98 Å². The van der Waals surface area contributed by atoms with E-state index in [1.807, 2.05) is 38.1 Å². The molecule has 0 aliphatic carbocycles. The van der Waals surface area contributed by atoms with Crippen molar-refractivity contribution in [2.75, 3.05) is 14.1 Å². The van der Waals surface area contributed by atoms with Crippen molar-refractivity contribution >= 4 is 75.7 Å². The molecule has 0 bridgehead atoms. The number of nitrogens with zero attached hydrogens (tertiary/aromatic N) is 3. The molecule has 0 saturated carbocycles. The maximum Gasteiger partial charge on any atom is 0.172 e. The Morgan fingerprint density at radius 1 is 0.579 bits per heavy atom. The molecule has 0 amide bonds. The largest absolute Gasteiger partial charge is 0.458 e. The molecular weight excluding hydrogens is 1080 g/mol. The Labute approximate surface area is 506 Å². The van der Waals surface area contributed by atoms with Crippen LogP contribution >= 0.6 is 0 Å². The first-order chi connectivity index (χ1) is 35.4. The molecule has 0 atom stereocenters. The molecule has 76 heavy (non-hydrogen) atoms. The van der Waals surface area contributed by atoms with E-state index in [4.69, 9.17) is 4.12 Å². The molecular formula is C64H142CoN3OSi7-. The zero-order valence-electron chi connectivity index (χ0n) is 56.4. The van der Waals surface area contributed by atoms with Crippen molar-refractivity contribution in [2.24, 2.45) is 9.98 Å². The van der Waals surface area contributed by atoms with Crippen molar-refractivity contribution in [1.29, 1.82) is 0 Å². The van der Waals surface area contributed by atoms with Crippen LogP contribution in [0.15, 0.2) is 64.8 Å². The van der Waals surface area contributed by atoms with Gasteiger partial charge >= 0.3 is 0 Å². The fourth-order valence-corrected chi connectivity index (χ4v) is 18.8. The number of pyridine rings is 1. The normalized spacial score (nSPS) is 11.4. The Morgan fingerprint density at radius 3 is 1.25 bits per heavy atom. The first-order valence-electron chi connectivity index (χ1n) is 31.6. The van der Waals surface area contributed by atoms with Gasteiger partial charge in [-0.15, -0.1) is 20.4 Å². The number of hydrogen-bond donors (Lipinski definition) is 0. The van der Waals surface area contributed by atoms with Crippen molar-refractivity contribution in [3.63, 3.8) is 0 Å². The van der Waals surface area contributed by atoms with Crippen molar-refractivity contribution in [2.45, 2.75) is 312 Å². The topological polar surface area (TPSA) is 46.8 Å². The Balaban J connectivity index is -0.000000117. The summed E-state index contributed by atoms with van der Waals surface area (Å²) in [5.41, 5.74) is 5.97. The van der Waals surface area contributed by atoms with Crippen LogP contribution in [0.25, 0.3) is 0 Å². The average molecular weight is 1230 g/mol. The number of aromatic nitrogens is 1. The predicted molar refractivity (Wildman–Crippen MR) is 382 cm³/mol. The maximum atomic E-state index is 6.13. The summed E-state index contributed by atoms with van der Waals surface area (Å²) in [6, 6.07) is 11.5. The minimum absolute atomic E-state index is 0. The third kappa shape index (κ3) is 102. The predicted octanol–water partition coefficient (Wildman–Crippen LogP) is 19.6. The van der Waals surface area contributed by atoms with Gasteiger partial charge in [-0.25, -0.2) is 4.98 Å². The van der Waals surface area contributed by atoms with Crippen LogP contribution in [-0.4, -0.2) is 94.7 Å². The van der Waals surface area contributed by atoms with Crippen LogP contribution in [0.3, 0.4) is 0 Å². The first-order valence-corrected chi connectivity index (χ1v) is 48.9. The molecule has 0 aliphatic rings. The molecule has 1 aromatic heterocycles. The monoisotopic (exact) mass is 1220 g/mol. The summed E-state index contributed by atoms with van der Waals surface area (Å²) >= 11 is 0. The summed E-state index contributed by atoms with van der Waals surface area (Å²) in [4.78, 5) is 12.7. The number of hydrogen-bond acceptors (Lipinski definition) is 4. The standard InChI is InChI=1S/C11H15N3.C9H26OSi3.C8H20Si.2C8H18Si.C8H18.C8H16.C4H11Si.Co/c1-8(12-3)10-6-5-7-11(14-10)9(2)13-4;1-11(2)10-13(6,7)9-8-12(3,4)5;3*1-2-3-4-5-6-7-8-9;2*1-3-5-7-8-6-4-2;1-5(2,3)4;/h5-7H,1-4H3;11H,8-9H2,1-7H3;2-8H2,1,9H3;7-8H,2-6H2,1,9H3;6-7H,2-5,8H2,1,9H3;3-8H2,1-2H3;3H,1,4-8H2,2H3;1H2,2-4H3;/q;;;;;;;-1;. The van der Waals surface area contributed by atoms with Gasteiger partial charge in [0.05, 0.1) is 22.8 Å². The van der Waals surface area contributed by atoms with Gasteiger partial charge in [0.1, 0.15) is 0 Å². The van der Waals surface area contributed by atoms with Gasteiger partial charge in [-0.05, 0) is 103 Å². The second-order valence-electron chi connectivity index (χ2n) is 23.7. The summed E-state index contributed by atoms with van der Waals surface area (Å²) in [6.07, 6.45) is 45.1. The number of rotatable bonds is 33. The van der Waals surface area contributed by atoms with Gasteiger partial charge in [0.25, 0.3) is 0 Å². The van der Waals surface area contributed by atoms with Gasteiger partial charge in [0.2, 0.25) is 0 Å². The van der Waals surface area contributed by atoms with Crippen LogP contribution < -0.4 is 0 Å². The summed E-state index contributed by atoms with van der Waals surface area (Å²) in [6.45, 7) is 48.3. The van der Waals surface area contributed by atoms with Crippen LogP contribution in [0.5, 0.6) is 0 Å². The number of unbranched alkanes of at least 4 members (excludes halogenated alkanes) is 21. The SMILES string of the molecule is C=CCCCCCC.CCCCCC=CC[SiH3].CCCCCCC=C[SiH3].CCCCCCCC.CCCCCCCC[SiH3].CN=C(C)c1cccc(C(C)=NC)n1.C[SiH](C)O[Si](C)(C)CC[Si](C)(C)C.[CH2-][Si](C)(C)C.[Co]. The van der Waals surface area contributed by atoms with Gasteiger partial charge in [-0.2, -0.15) is 0 Å². The second-order valence-corrected chi connectivity index (χ2v) is 44.0. The molecule has 0 unspecified atom stereocenters. The summed E-state index contributed by atoms with van der Waals surface area (Å²) < 4.78 is 6.13. The van der Waals surface area contributed by atoms with Crippen LogP contribution in [0.1, 0.15) is 234 Å². The van der Waals surface area contributed by atoms with E-state index in [0.717, 1.165) is 22.8 Å². The van der Waals surface area contributed by atoms with Gasteiger partial charge in [0, 0.05) is 69.7 Å². The van der Waals surface area contributed by atoms with E-state index in [1.165, 1.54) is 222 Å². The minimum atomic E-state index is -1.28. The molecule has 4 nitrogen and oxygen atoms in total. The van der Waals surface area contributed by atoms with Crippen LogP contribution in [0.4, 0.5) is 0 Å². The van der Waals surface area contributed by atoms with E-state index in [-0.39, 0.29) is 16.8 Å². The zero-order chi connectivity index (χ0) is 59.1. The number of allylic oxidation sites excluding steroid dienone is 4. The quantitative estimate of drug-likeness (QED) is 0.0231. The van der Waals surface area contributed by atoms with Crippen LogP contribution in [0.2, 0.25) is 89.6 Å². The number of aliphatic imine (C=N–C) groups is 2. The molecule has 12 heteroatoms. The Bertz CT molecular complexity index is 1330. The van der Waals surface area contributed by atoms with Crippen molar-refractivity contribution in [3.05, 3.63) is 72.7 Å². The van der Waals surface area contributed by atoms with Gasteiger partial charge < -0.3 is 10.7 Å². The molecule has 1 rings (SSSR count). The van der Waals surface area contributed by atoms with Crippen molar-refractivity contribution in [1.82, 2.24) is 4.98 Å². The third-order valence-corrected chi connectivity index (χ3v) is 21.2. The molecule has 0 fully saturated rings. The molecule has 457 valence electrons. The van der Waals surface area contributed by atoms with Crippen molar-refractivity contribution < 1.29 is 20.9 Å². The first kappa shape index (κ1) is 92.2. The van der Waals surface area contributed by atoms with Crippen molar-refractivity contribution in [3.8, 4) is 0 Å². The molecule has 0 N–H and O–H groups in total. The van der Waals surface area contributed by atoms with Crippen LogP contribution in [0, 0.1) is 6.55 Å². The van der Waals surface area contributed by atoms with E-state index < -0.39 is 33.5 Å². The van der Waals surface area contributed by atoms with E-state index >= 15 is 0 Å². The molecule has 1 aromatic rings. The van der Waals surface area contributed by atoms with E-state index in [2.05, 4.69) is 159 Å². The molecule has 0 aromatic carbocycles. The van der Waals surface area contributed by atoms with Gasteiger partial charge in [-0.1, -0.05) is 252 Å². The molecule has 0 spiro atoms. The van der Waals surface area contributed by atoms with E-state index in [1.54, 1.807) is 14.1 Å². The Morgan fingerprint density at radius 2 is 0.921 bits per heavy atom. The fourth-order valence-electron chi connectivity index (χ4n) is 6.69. The van der Waals surface area contributed by atoms with E-state index in [9.17, 15) is 0 Å². The van der Waals surface area contributed by atoms with Gasteiger partial charge in [0.15, 0.2) is 17.4 Å². The second kappa shape index (κ2) is 72.7. The summed E-state index contributed by atoms with van der Waals surface area (Å²) in [5.74, 6) is 0.